The number of benzene rings is 2. The topological polar surface area (TPSA) is 68.5 Å². The maximum Gasteiger partial charge on any atom is 0.230 e. The molecule has 1 heterocycles. The molecule has 6 heteroatoms. The number of hydrogen-bond donors (Lipinski definition) is 1. The van der Waals surface area contributed by atoms with Gasteiger partial charge in [-0.05, 0) is 53.3 Å². The molecule has 3 aromatic rings. The lowest BCUT2D eigenvalue weighted by molar-refractivity contribution is -0.120. The van der Waals surface area contributed by atoms with E-state index in [2.05, 4.69) is 43.1 Å². The molecule has 1 aliphatic carbocycles. The fraction of sp³-hybridized carbons (Fsp3) is 0.379. The van der Waals surface area contributed by atoms with Crippen LogP contribution in [0, 0.1) is 17.8 Å². The third-order valence-electron chi connectivity index (χ3n) is 7.04. The molecule has 2 N–H and O–H groups in total. The number of nitrogens with zero attached hydrogens (tertiary/aromatic N) is 2. The van der Waals surface area contributed by atoms with Gasteiger partial charge in [0, 0.05) is 42.9 Å². The maximum absolute atomic E-state index is 13.6. The molecule has 184 valence electrons. The highest BCUT2D eigenvalue weighted by molar-refractivity contribution is 5.97. The molecule has 4 rings (SSSR count). The molecule has 1 fully saturated rings. The van der Waals surface area contributed by atoms with Gasteiger partial charge in [-0.15, -0.1) is 0 Å². The lowest BCUT2D eigenvalue weighted by atomic mass is 9.98. The number of halogens is 1. The van der Waals surface area contributed by atoms with Crippen LogP contribution >= 0.6 is 0 Å². The minimum Gasteiger partial charge on any atom is -0.380 e. The lowest BCUT2D eigenvalue weighted by Crippen LogP contribution is -2.45. The van der Waals surface area contributed by atoms with Gasteiger partial charge >= 0.3 is 0 Å². The van der Waals surface area contributed by atoms with Crippen LogP contribution in [0.25, 0.3) is 11.1 Å². The van der Waals surface area contributed by atoms with Crippen molar-refractivity contribution >= 4 is 11.6 Å². The number of carbonyl (C=O) groups is 1. The summed E-state index contributed by atoms with van der Waals surface area (Å²) < 4.78 is 18.8. The summed E-state index contributed by atoms with van der Waals surface area (Å²) in [6.07, 6.45) is 1.62. The zero-order valence-electron chi connectivity index (χ0n) is 20.7. The van der Waals surface area contributed by atoms with Crippen LogP contribution in [0.15, 0.2) is 66.7 Å². The van der Waals surface area contributed by atoms with Crippen LogP contribution in [-0.2, 0) is 16.1 Å². The minimum atomic E-state index is -0.512. The molecule has 1 aromatic heterocycles. The SMILES string of the molecule is CC[C@H](C)[C@H](N)CN(C(=O)[C@@H]1C[C@H]1c1cccc(F)n1)c1ccc(-c2ccc(COC)cc2)cc1. The number of carbonyl (C=O) groups excluding carboxylic acids is 1. The molecule has 4 atom stereocenters. The zero-order chi connectivity index (χ0) is 24.9. The highest BCUT2D eigenvalue weighted by Gasteiger charge is 2.47. The summed E-state index contributed by atoms with van der Waals surface area (Å²) in [5.41, 5.74) is 11.2. The summed E-state index contributed by atoms with van der Waals surface area (Å²) in [5.74, 6) is -0.458. The Morgan fingerprint density at radius 3 is 2.37 bits per heavy atom. The predicted molar refractivity (Wildman–Crippen MR) is 137 cm³/mol. The van der Waals surface area contributed by atoms with Gasteiger partial charge in [0.15, 0.2) is 0 Å². The Hall–Kier alpha value is -3.09. The van der Waals surface area contributed by atoms with Gasteiger partial charge in [0.2, 0.25) is 11.9 Å². The van der Waals surface area contributed by atoms with E-state index in [0.717, 1.165) is 28.8 Å². The van der Waals surface area contributed by atoms with Crippen LogP contribution in [0.4, 0.5) is 10.1 Å². The Kier molecular flexibility index (Phi) is 7.93. The van der Waals surface area contributed by atoms with E-state index in [-0.39, 0.29) is 29.7 Å². The largest absolute Gasteiger partial charge is 0.380 e. The van der Waals surface area contributed by atoms with E-state index >= 15 is 0 Å². The quantitative estimate of drug-likeness (QED) is 0.391. The van der Waals surface area contributed by atoms with Crippen molar-refractivity contribution in [3.8, 4) is 11.1 Å². The molecule has 1 aliphatic rings. The average molecular weight is 476 g/mol. The number of rotatable bonds is 10. The normalized spacial score (nSPS) is 18.7. The van der Waals surface area contributed by atoms with Crippen molar-refractivity contribution in [3.05, 3.63) is 83.9 Å². The molecular formula is C29H34FN3O2. The van der Waals surface area contributed by atoms with Crippen LogP contribution in [0.3, 0.4) is 0 Å². The fourth-order valence-electron chi connectivity index (χ4n) is 4.44. The van der Waals surface area contributed by atoms with Crippen LogP contribution in [0.5, 0.6) is 0 Å². The van der Waals surface area contributed by atoms with Crippen molar-refractivity contribution in [2.45, 2.75) is 45.3 Å². The molecule has 0 saturated heterocycles. The first kappa shape index (κ1) is 25.0. The smallest absolute Gasteiger partial charge is 0.230 e. The molecule has 1 saturated carbocycles. The first-order valence-electron chi connectivity index (χ1n) is 12.3. The highest BCUT2D eigenvalue weighted by atomic mass is 19.1. The Morgan fingerprint density at radius 2 is 1.77 bits per heavy atom. The predicted octanol–water partition coefficient (Wildman–Crippen LogP) is 5.54. The second-order valence-electron chi connectivity index (χ2n) is 9.51. The molecule has 2 aromatic carbocycles. The summed E-state index contributed by atoms with van der Waals surface area (Å²) in [5, 5.41) is 0. The summed E-state index contributed by atoms with van der Waals surface area (Å²) in [6, 6.07) is 20.9. The number of methoxy groups -OCH3 is 1. The Balaban J connectivity index is 1.55. The standard InChI is InChI=1S/C29H34FN3O2/c1-4-19(2)26(31)17-33(29(34)25-16-24(25)27-6-5-7-28(30)32-27)23-14-12-22(13-15-23)21-10-8-20(9-11-21)18-35-3/h5-15,19,24-26H,4,16-18,31H2,1-3H3/t19-,24+,25+,26+/m0/s1. The molecule has 0 unspecified atom stereocenters. The molecule has 1 amide bonds. The summed E-state index contributed by atoms with van der Waals surface area (Å²) >= 11 is 0. The maximum atomic E-state index is 13.6. The van der Waals surface area contributed by atoms with Gasteiger partial charge in [-0.2, -0.15) is 4.39 Å². The van der Waals surface area contributed by atoms with Gasteiger partial charge in [0.25, 0.3) is 0 Å². The summed E-state index contributed by atoms with van der Waals surface area (Å²) in [6.45, 7) is 5.24. The van der Waals surface area contributed by atoms with E-state index in [4.69, 9.17) is 10.5 Å². The highest BCUT2D eigenvalue weighted by Crippen LogP contribution is 2.48. The van der Waals surface area contributed by atoms with Crippen LogP contribution in [-0.4, -0.2) is 30.6 Å². The van der Waals surface area contributed by atoms with E-state index in [1.54, 1.807) is 19.2 Å². The summed E-state index contributed by atoms with van der Waals surface area (Å²) in [4.78, 5) is 19.4. The van der Waals surface area contributed by atoms with Crippen LogP contribution < -0.4 is 10.6 Å². The van der Waals surface area contributed by atoms with Gasteiger partial charge < -0.3 is 15.4 Å². The van der Waals surface area contributed by atoms with Gasteiger partial charge in [-0.1, -0.05) is 62.7 Å². The van der Waals surface area contributed by atoms with Crippen molar-refractivity contribution in [3.63, 3.8) is 0 Å². The van der Waals surface area contributed by atoms with Crippen LogP contribution in [0.1, 0.15) is 43.9 Å². The van der Waals surface area contributed by atoms with Crippen molar-refractivity contribution in [1.29, 1.82) is 0 Å². The number of hydrogen-bond acceptors (Lipinski definition) is 4. The number of ether oxygens (including phenoxy) is 1. The van der Waals surface area contributed by atoms with E-state index in [1.165, 1.54) is 6.07 Å². The Labute approximate surface area is 207 Å². The molecule has 0 aliphatic heterocycles. The van der Waals surface area contributed by atoms with Gasteiger partial charge in [0.1, 0.15) is 0 Å². The van der Waals surface area contributed by atoms with E-state index < -0.39 is 5.95 Å². The van der Waals surface area contributed by atoms with Gasteiger partial charge in [-0.25, -0.2) is 4.98 Å². The van der Waals surface area contributed by atoms with Crippen molar-refractivity contribution in [2.75, 3.05) is 18.6 Å². The molecule has 0 bridgehead atoms. The number of nitrogens with two attached hydrogens (primary N) is 1. The summed E-state index contributed by atoms with van der Waals surface area (Å²) in [7, 11) is 1.69. The molecule has 35 heavy (non-hydrogen) atoms. The minimum absolute atomic E-state index is 0.0245. The van der Waals surface area contributed by atoms with Crippen molar-refractivity contribution < 1.29 is 13.9 Å². The number of pyridine rings is 1. The molecule has 0 radical (unpaired) electrons. The first-order chi connectivity index (χ1) is 16.9. The molecule has 0 spiro atoms. The number of aromatic nitrogens is 1. The Morgan fingerprint density at radius 1 is 1.11 bits per heavy atom. The average Bonchev–Trinajstić information content (AvgIpc) is 3.68. The zero-order valence-corrected chi connectivity index (χ0v) is 20.7. The number of amides is 1. The second-order valence-corrected chi connectivity index (χ2v) is 9.51. The third-order valence-corrected chi connectivity index (χ3v) is 7.04. The van der Waals surface area contributed by atoms with E-state index in [0.29, 0.717) is 25.3 Å². The van der Waals surface area contributed by atoms with E-state index in [9.17, 15) is 9.18 Å². The lowest BCUT2D eigenvalue weighted by Gasteiger charge is -2.29. The Bertz CT molecular complexity index is 1130. The van der Waals surface area contributed by atoms with Gasteiger partial charge in [0.05, 0.1) is 6.61 Å². The van der Waals surface area contributed by atoms with Gasteiger partial charge in [-0.3, -0.25) is 4.79 Å². The van der Waals surface area contributed by atoms with Crippen molar-refractivity contribution in [2.24, 2.45) is 17.6 Å². The van der Waals surface area contributed by atoms with Crippen LogP contribution in [0.2, 0.25) is 0 Å². The number of anilines is 1. The molecule has 5 nitrogen and oxygen atoms in total. The van der Waals surface area contributed by atoms with E-state index in [1.807, 2.05) is 29.2 Å². The molecular weight excluding hydrogens is 441 g/mol. The van der Waals surface area contributed by atoms with Crippen molar-refractivity contribution in [1.82, 2.24) is 4.98 Å². The second kappa shape index (κ2) is 11.1. The fourth-order valence-corrected chi connectivity index (χ4v) is 4.44. The first-order valence-corrected chi connectivity index (χ1v) is 12.3. The monoisotopic (exact) mass is 475 g/mol. The third kappa shape index (κ3) is 5.95.